The third-order valence-corrected chi connectivity index (χ3v) is 5.64. The molecule has 1 heterocycles. The molecule has 174 valence electrons. The van der Waals surface area contributed by atoms with Crippen molar-refractivity contribution in [2.75, 3.05) is 26.1 Å². The SMILES string of the molecule is COc1ccc2cc(CN(CCc3ccccc3)C(=O)Nc3ccccc3OC)c(=O)[nH]c2c1. The molecule has 0 bridgehead atoms. The first-order chi connectivity index (χ1) is 16.6. The number of amides is 2. The molecule has 4 rings (SSSR count). The van der Waals surface area contributed by atoms with Crippen LogP contribution in [-0.4, -0.2) is 36.7 Å². The van der Waals surface area contributed by atoms with Crippen LogP contribution in [0, 0.1) is 0 Å². The third-order valence-electron chi connectivity index (χ3n) is 5.64. The summed E-state index contributed by atoms with van der Waals surface area (Å²) >= 11 is 0. The van der Waals surface area contributed by atoms with Gasteiger partial charge in [-0.25, -0.2) is 4.79 Å². The smallest absolute Gasteiger partial charge is 0.322 e. The van der Waals surface area contributed by atoms with Gasteiger partial charge in [-0.2, -0.15) is 0 Å². The van der Waals surface area contributed by atoms with Crippen molar-refractivity contribution in [2.45, 2.75) is 13.0 Å². The van der Waals surface area contributed by atoms with Gasteiger partial charge in [0, 0.05) is 18.2 Å². The number of anilines is 1. The molecule has 2 N–H and O–H groups in total. The lowest BCUT2D eigenvalue weighted by Gasteiger charge is -2.24. The number of nitrogens with zero attached hydrogens (tertiary/aromatic N) is 1. The highest BCUT2D eigenvalue weighted by Gasteiger charge is 2.18. The van der Waals surface area contributed by atoms with E-state index in [1.807, 2.05) is 60.7 Å². The van der Waals surface area contributed by atoms with Crippen LogP contribution in [0.2, 0.25) is 0 Å². The number of rotatable bonds is 8. The van der Waals surface area contributed by atoms with Gasteiger partial charge in [0.25, 0.3) is 5.56 Å². The van der Waals surface area contributed by atoms with Crippen LogP contribution in [0.4, 0.5) is 10.5 Å². The number of fused-ring (bicyclic) bond motifs is 1. The van der Waals surface area contributed by atoms with E-state index in [-0.39, 0.29) is 18.1 Å². The molecule has 0 unspecified atom stereocenters. The Labute approximate surface area is 197 Å². The van der Waals surface area contributed by atoms with Gasteiger partial charge in [-0.15, -0.1) is 0 Å². The van der Waals surface area contributed by atoms with Crippen molar-refractivity contribution in [3.05, 3.63) is 100 Å². The zero-order chi connectivity index (χ0) is 23.9. The number of hydrogen-bond acceptors (Lipinski definition) is 4. The molecule has 34 heavy (non-hydrogen) atoms. The molecule has 0 radical (unpaired) electrons. The number of para-hydroxylation sites is 2. The second kappa shape index (κ2) is 10.6. The monoisotopic (exact) mass is 457 g/mol. The zero-order valence-electron chi connectivity index (χ0n) is 19.2. The summed E-state index contributed by atoms with van der Waals surface area (Å²) < 4.78 is 10.6. The lowest BCUT2D eigenvalue weighted by atomic mass is 10.1. The predicted molar refractivity (Wildman–Crippen MR) is 134 cm³/mol. The second-order valence-corrected chi connectivity index (χ2v) is 7.86. The lowest BCUT2D eigenvalue weighted by molar-refractivity contribution is 0.209. The maximum absolute atomic E-state index is 13.3. The molecule has 2 amide bonds. The van der Waals surface area contributed by atoms with Crippen molar-refractivity contribution in [1.82, 2.24) is 9.88 Å². The van der Waals surface area contributed by atoms with Gasteiger partial charge in [-0.1, -0.05) is 42.5 Å². The van der Waals surface area contributed by atoms with Crippen LogP contribution in [0.15, 0.2) is 83.7 Å². The molecule has 4 aromatic rings. The molecular formula is C27H27N3O4. The average molecular weight is 458 g/mol. The Balaban J connectivity index is 1.61. The highest BCUT2D eigenvalue weighted by atomic mass is 16.5. The van der Waals surface area contributed by atoms with E-state index in [1.54, 1.807) is 37.3 Å². The van der Waals surface area contributed by atoms with E-state index in [0.29, 0.717) is 41.2 Å². The standard InChI is InChI=1S/C27H27N3O4/c1-33-22-13-12-20-16-21(26(31)28-24(20)17-22)18-30(15-14-19-8-4-3-5-9-19)27(32)29-23-10-6-7-11-25(23)34-2/h3-13,16-17H,14-15,18H2,1-2H3,(H,28,31)(H,29,32). The topological polar surface area (TPSA) is 83.7 Å². The second-order valence-electron chi connectivity index (χ2n) is 7.86. The summed E-state index contributed by atoms with van der Waals surface area (Å²) in [6.45, 7) is 0.593. The Morgan fingerprint density at radius 3 is 2.47 bits per heavy atom. The highest BCUT2D eigenvalue weighted by Crippen LogP contribution is 2.24. The number of methoxy groups -OCH3 is 2. The first-order valence-corrected chi connectivity index (χ1v) is 11.0. The molecule has 0 aliphatic rings. The van der Waals surface area contributed by atoms with E-state index in [1.165, 1.54) is 0 Å². The molecule has 0 aliphatic heterocycles. The molecule has 7 heteroatoms. The largest absolute Gasteiger partial charge is 0.497 e. The Bertz CT molecular complexity index is 1330. The van der Waals surface area contributed by atoms with E-state index in [2.05, 4.69) is 10.3 Å². The van der Waals surface area contributed by atoms with E-state index >= 15 is 0 Å². The van der Waals surface area contributed by atoms with Crippen LogP contribution >= 0.6 is 0 Å². The van der Waals surface area contributed by atoms with Crippen molar-refractivity contribution in [3.8, 4) is 11.5 Å². The average Bonchev–Trinajstić information content (AvgIpc) is 2.87. The molecule has 0 saturated heterocycles. The van der Waals surface area contributed by atoms with E-state index < -0.39 is 0 Å². The Hall–Kier alpha value is -4.26. The lowest BCUT2D eigenvalue weighted by Crippen LogP contribution is -2.37. The van der Waals surface area contributed by atoms with Crippen LogP contribution in [0.5, 0.6) is 11.5 Å². The highest BCUT2D eigenvalue weighted by molar-refractivity contribution is 5.91. The van der Waals surface area contributed by atoms with Gasteiger partial charge in [-0.3, -0.25) is 4.79 Å². The molecular weight excluding hydrogens is 430 g/mol. The van der Waals surface area contributed by atoms with Crippen LogP contribution < -0.4 is 20.3 Å². The molecule has 1 aromatic heterocycles. The number of H-pyrrole nitrogens is 1. The third kappa shape index (κ3) is 5.38. The zero-order valence-corrected chi connectivity index (χ0v) is 19.2. The minimum Gasteiger partial charge on any atom is -0.497 e. The van der Waals surface area contributed by atoms with Crippen molar-refractivity contribution in [3.63, 3.8) is 0 Å². The first-order valence-electron chi connectivity index (χ1n) is 11.0. The van der Waals surface area contributed by atoms with E-state index in [4.69, 9.17) is 9.47 Å². The summed E-state index contributed by atoms with van der Waals surface area (Å²) in [7, 11) is 3.14. The summed E-state index contributed by atoms with van der Waals surface area (Å²) in [5, 5.41) is 3.79. The summed E-state index contributed by atoms with van der Waals surface area (Å²) in [4.78, 5) is 30.7. The number of benzene rings is 3. The van der Waals surface area contributed by atoms with Gasteiger partial charge in [0.15, 0.2) is 0 Å². The van der Waals surface area contributed by atoms with Crippen LogP contribution in [0.1, 0.15) is 11.1 Å². The quantitative estimate of drug-likeness (QED) is 0.397. The van der Waals surface area contributed by atoms with Crippen LogP contribution in [-0.2, 0) is 13.0 Å². The van der Waals surface area contributed by atoms with Crippen molar-refractivity contribution < 1.29 is 14.3 Å². The van der Waals surface area contributed by atoms with Gasteiger partial charge in [0.1, 0.15) is 11.5 Å². The molecule has 0 aliphatic carbocycles. The minimum absolute atomic E-state index is 0.158. The van der Waals surface area contributed by atoms with E-state index in [9.17, 15) is 9.59 Å². The summed E-state index contributed by atoms with van der Waals surface area (Å²) in [5.41, 5.74) is 2.62. The normalized spacial score (nSPS) is 10.6. The van der Waals surface area contributed by atoms with Crippen molar-refractivity contribution >= 4 is 22.6 Å². The van der Waals surface area contributed by atoms with Gasteiger partial charge in [-0.05, 0) is 47.7 Å². The molecule has 0 atom stereocenters. The fourth-order valence-electron chi connectivity index (χ4n) is 3.78. The van der Waals surface area contributed by atoms with Crippen LogP contribution in [0.3, 0.4) is 0 Å². The number of aromatic amines is 1. The summed E-state index contributed by atoms with van der Waals surface area (Å²) in [6, 6.07) is 24.2. The Kier molecular flexibility index (Phi) is 7.13. The van der Waals surface area contributed by atoms with Gasteiger partial charge < -0.3 is 24.7 Å². The minimum atomic E-state index is -0.311. The van der Waals surface area contributed by atoms with Crippen molar-refractivity contribution in [2.24, 2.45) is 0 Å². The Morgan fingerprint density at radius 1 is 0.941 bits per heavy atom. The van der Waals surface area contributed by atoms with Crippen LogP contribution in [0.25, 0.3) is 10.9 Å². The number of hydrogen-bond donors (Lipinski definition) is 2. The Morgan fingerprint density at radius 2 is 1.71 bits per heavy atom. The van der Waals surface area contributed by atoms with Gasteiger partial charge in [0.05, 0.1) is 32.0 Å². The summed E-state index contributed by atoms with van der Waals surface area (Å²) in [5.74, 6) is 1.23. The first kappa shape index (κ1) is 22.9. The molecule has 0 fully saturated rings. The fourth-order valence-corrected chi connectivity index (χ4v) is 3.78. The fraction of sp³-hybridized carbons (Fsp3) is 0.185. The molecule has 7 nitrogen and oxygen atoms in total. The number of nitrogens with one attached hydrogen (secondary N) is 2. The molecule has 0 saturated carbocycles. The van der Waals surface area contributed by atoms with E-state index in [0.717, 1.165) is 10.9 Å². The number of aromatic nitrogens is 1. The van der Waals surface area contributed by atoms with Gasteiger partial charge >= 0.3 is 6.03 Å². The number of carbonyl (C=O) groups is 1. The van der Waals surface area contributed by atoms with Crippen molar-refractivity contribution in [1.29, 1.82) is 0 Å². The number of carbonyl (C=O) groups excluding carboxylic acids is 1. The molecule has 3 aromatic carbocycles. The number of pyridine rings is 1. The number of urea groups is 1. The number of ether oxygens (including phenoxy) is 2. The van der Waals surface area contributed by atoms with Gasteiger partial charge in [0.2, 0.25) is 0 Å². The summed E-state index contributed by atoms with van der Waals surface area (Å²) in [6.07, 6.45) is 0.656. The molecule has 0 spiro atoms. The predicted octanol–water partition coefficient (Wildman–Crippen LogP) is 4.82. The maximum Gasteiger partial charge on any atom is 0.322 e. The maximum atomic E-state index is 13.3.